The number of hydrogen-bond acceptors (Lipinski definition) is 5. The summed E-state index contributed by atoms with van der Waals surface area (Å²) in [6, 6.07) is 4.74. The van der Waals surface area contributed by atoms with Crippen LogP contribution in [0.2, 0.25) is 5.02 Å². The molecule has 9 heteroatoms. The molecule has 0 amide bonds. The molecule has 0 spiro atoms. The quantitative estimate of drug-likeness (QED) is 0.793. The molecule has 2 fully saturated rings. The van der Waals surface area contributed by atoms with Crippen LogP contribution in [0.3, 0.4) is 0 Å². The molecule has 1 aromatic rings. The molecule has 2 atom stereocenters. The highest BCUT2D eigenvalue weighted by Crippen LogP contribution is 2.28. The van der Waals surface area contributed by atoms with Crippen molar-refractivity contribution < 1.29 is 17.9 Å². The van der Waals surface area contributed by atoms with Crippen LogP contribution >= 0.6 is 24.0 Å². The van der Waals surface area contributed by atoms with Gasteiger partial charge in [0.2, 0.25) is 10.0 Å². The number of methoxy groups -OCH3 is 1. The minimum absolute atomic E-state index is 0. The van der Waals surface area contributed by atoms with Crippen LogP contribution in [-0.2, 0) is 14.8 Å². The van der Waals surface area contributed by atoms with E-state index in [0.29, 0.717) is 24.2 Å². The number of nitrogens with one attached hydrogen (secondary N) is 1. The molecule has 2 aliphatic rings. The third kappa shape index (κ3) is 3.70. The summed E-state index contributed by atoms with van der Waals surface area (Å²) in [6.45, 7) is 0.863. The predicted molar refractivity (Wildman–Crippen MR) is 93.4 cm³/mol. The van der Waals surface area contributed by atoms with Gasteiger partial charge in [0.1, 0.15) is 0 Å². The van der Waals surface area contributed by atoms with Gasteiger partial charge >= 0.3 is 5.97 Å². The van der Waals surface area contributed by atoms with Gasteiger partial charge in [-0.25, -0.2) is 13.2 Å². The van der Waals surface area contributed by atoms with Gasteiger partial charge in [0.15, 0.2) is 0 Å². The third-order valence-corrected chi connectivity index (χ3v) is 6.61. The summed E-state index contributed by atoms with van der Waals surface area (Å²) in [4.78, 5) is 11.9. The number of ether oxygens (including phenoxy) is 1. The van der Waals surface area contributed by atoms with Crippen molar-refractivity contribution in [2.24, 2.45) is 0 Å². The Balaban J connectivity index is 0.00000208. The molecule has 134 valence electrons. The Kier molecular flexibility index (Phi) is 6.14. The molecule has 0 radical (unpaired) electrons. The first-order chi connectivity index (χ1) is 10.9. The van der Waals surface area contributed by atoms with Crippen molar-refractivity contribution in [3.8, 4) is 0 Å². The van der Waals surface area contributed by atoms with Gasteiger partial charge in [-0.15, -0.1) is 12.4 Å². The SMILES string of the molecule is COC(=O)c1cc(Cl)ccc1S(=O)(=O)N1CCC2CCC(C1)N2.Cl. The lowest BCUT2D eigenvalue weighted by Gasteiger charge is -2.24. The Morgan fingerprint density at radius 2 is 2.00 bits per heavy atom. The number of halogens is 2. The molecular weight excluding hydrogens is 375 g/mol. The van der Waals surface area contributed by atoms with Gasteiger partial charge in [-0.3, -0.25) is 0 Å². The largest absolute Gasteiger partial charge is 0.465 e. The summed E-state index contributed by atoms with van der Waals surface area (Å²) in [5.41, 5.74) is -0.0256. The standard InChI is InChI=1S/C15H19ClN2O4S.ClH/c1-22-15(19)13-8-10(16)2-5-14(13)23(20,21)18-7-6-11-3-4-12(9-18)17-11;/h2,5,8,11-12,17H,3-4,6-7,9H2,1H3;1H. The van der Waals surface area contributed by atoms with Crippen molar-refractivity contribution in [2.75, 3.05) is 20.2 Å². The zero-order chi connectivity index (χ0) is 16.6. The minimum atomic E-state index is -3.78. The highest BCUT2D eigenvalue weighted by atomic mass is 35.5. The van der Waals surface area contributed by atoms with E-state index >= 15 is 0 Å². The molecule has 1 N–H and O–H groups in total. The van der Waals surface area contributed by atoms with Gasteiger partial charge in [-0.05, 0) is 37.5 Å². The lowest BCUT2D eigenvalue weighted by Crippen LogP contribution is -2.39. The molecule has 0 saturated carbocycles. The minimum Gasteiger partial charge on any atom is -0.465 e. The second kappa shape index (κ2) is 7.58. The van der Waals surface area contributed by atoms with Crippen LogP contribution in [0.25, 0.3) is 0 Å². The molecule has 0 aromatic heterocycles. The molecule has 3 rings (SSSR count). The van der Waals surface area contributed by atoms with Crippen LogP contribution in [-0.4, -0.2) is 51.0 Å². The number of rotatable bonds is 3. The van der Waals surface area contributed by atoms with Crippen molar-refractivity contribution in [3.05, 3.63) is 28.8 Å². The lowest BCUT2D eigenvalue weighted by molar-refractivity contribution is 0.0596. The van der Waals surface area contributed by atoms with Crippen LogP contribution in [0, 0.1) is 0 Å². The molecule has 0 aliphatic carbocycles. The van der Waals surface area contributed by atoms with E-state index in [9.17, 15) is 13.2 Å². The fourth-order valence-corrected chi connectivity index (χ4v) is 5.10. The molecule has 2 unspecified atom stereocenters. The summed E-state index contributed by atoms with van der Waals surface area (Å²) in [5.74, 6) is -0.708. The monoisotopic (exact) mass is 394 g/mol. The fraction of sp³-hybridized carbons (Fsp3) is 0.533. The maximum Gasteiger partial charge on any atom is 0.339 e. The number of hydrogen-bond donors (Lipinski definition) is 1. The van der Waals surface area contributed by atoms with Crippen molar-refractivity contribution in [2.45, 2.75) is 36.2 Å². The molecule has 2 aliphatic heterocycles. The predicted octanol–water partition coefficient (Wildman–Crippen LogP) is 2.06. The van der Waals surface area contributed by atoms with Gasteiger partial charge in [0.05, 0.1) is 17.6 Å². The van der Waals surface area contributed by atoms with E-state index in [1.807, 2.05) is 0 Å². The summed E-state index contributed by atoms with van der Waals surface area (Å²) >= 11 is 5.91. The average molecular weight is 395 g/mol. The van der Waals surface area contributed by atoms with Gasteiger partial charge < -0.3 is 10.1 Å². The molecule has 2 saturated heterocycles. The molecular formula is C15H20Cl2N2O4S. The van der Waals surface area contributed by atoms with E-state index in [2.05, 4.69) is 5.32 Å². The Hall–Kier alpha value is -0.860. The first-order valence-corrected chi connectivity index (χ1v) is 9.37. The Labute approximate surface area is 153 Å². The van der Waals surface area contributed by atoms with E-state index in [1.165, 1.54) is 29.6 Å². The zero-order valence-electron chi connectivity index (χ0n) is 13.2. The summed E-state index contributed by atoms with van der Waals surface area (Å²) < 4.78 is 32.2. The number of fused-ring (bicyclic) bond motifs is 2. The van der Waals surface area contributed by atoms with E-state index in [1.54, 1.807) is 0 Å². The number of sulfonamides is 1. The second-order valence-electron chi connectivity index (χ2n) is 5.92. The highest BCUT2D eigenvalue weighted by Gasteiger charge is 2.36. The molecule has 1 aromatic carbocycles. The van der Waals surface area contributed by atoms with Crippen molar-refractivity contribution in [1.29, 1.82) is 0 Å². The smallest absolute Gasteiger partial charge is 0.339 e. The first-order valence-electron chi connectivity index (χ1n) is 7.56. The third-order valence-electron chi connectivity index (χ3n) is 4.45. The van der Waals surface area contributed by atoms with Crippen LogP contribution < -0.4 is 5.32 Å². The van der Waals surface area contributed by atoms with Gasteiger partial charge in [0, 0.05) is 30.2 Å². The molecule has 24 heavy (non-hydrogen) atoms. The van der Waals surface area contributed by atoms with E-state index in [0.717, 1.165) is 19.3 Å². The van der Waals surface area contributed by atoms with Crippen molar-refractivity contribution >= 4 is 40.0 Å². The normalized spacial score (nSPS) is 24.1. The molecule has 6 nitrogen and oxygen atoms in total. The maximum absolute atomic E-state index is 13.0. The van der Waals surface area contributed by atoms with Crippen molar-refractivity contribution in [3.63, 3.8) is 0 Å². The molecule has 2 heterocycles. The molecule has 2 bridgehead atoms. The number of esters is 1. The fourth-order valence-electron chi connectivity index (χ4n) is 3.26. The second-order valence-corrected chi connectivity index (χ2v) is 8.26. The summed E-state index contributed by atoms with van der Waals surface area (Å²) in [5, 5.41) is 3.74. The van der Waals surface area contributed by atoms with Crippen molar-refractivity contribution in [1.82, 2.24) is 9.62 Å². The van der Waals surface area contributed by atoms with E-state index < -0.39 is 16.0 Å². The van der Waals surface area contributed by atoms with Crippen LogP contribution in [0.15, 0.2) is 23.1 Å². The van der Waals surface area contributed by atoms with Crippen LogP contribution in [0.5, 0.6) is 0 Å². The Bertz CT molecular complexity index is 726. The number of nitrogens with zero attached hydrogens (tertiary/aromatic N) is 1. The van der Waals surface area contributed by atoms with E-state index in [4.69, 9.17) is 16.3 Å². The summed E-state index contributed by atoms with van der Waals surface area (Å²) in [6.07, 6.45) is 2.84. The zero-order valence-corrected chi connectivity index (χ0v) is 15.6. The highest BCUT2D eigenvalue weighted by molar-refractivity contribution is 7.89. The Morgan fingerprint density at radius 1 is 1.29 bits per heavy atom. The number of carbonyl (C=O) groups is 1. The average Bonchev–Trinajstić information content (AvgIpc) is 2.84. The van der Waals surface area contributed by atoms with E-state index in [-0.39, 0.29) is 28.9 Å². The van der Waals surface area contributed by atoms with Gasteiger partial charge in [-0.2, -0.15) is 4.31 Å². The van der Waals surface area contributed by atoms with Crippen LogP contribution in [0.4, 0.5) is 0 Å². The maximum atomic E-state index is 13.0. The lowest BCUT2D eigenvalue weighted by atomic mass is 10.1. The topological polar surface area (TPSA) is 75.7 Å². The number of benzene rings is 1. The van der Waals surface area contributed by atoms with Gasteiger partial charge in [0.25, 0.3) is 0 Å². The first kappa shape index (κ1) is 19.5. The van der Waals surface area contributed by atoms with Gasteiger partial charge in [-0.1, -0.05) is 11.6 Å². The summed E-state index contributed by atoms with van der Waals surface area (Å²) in [7, 11) is -2.56. The number of carbonyl (C=O) groups excluding carboxylic acids is 1. The van der Waals surface area contributed by atoms with Crippen LogP contribution in [0.1, 0.15) is 29.6 Å². The Morgan fingerprint density at radius 3 is 2.71 bits per heavy atom.